The zero-order valence-corrected chi connectivity index (χ0v) is 20.1. The van der Waals surface area contributed by atoms with E-state index in [0.717, 1.165) is 25.0 Å². The van der Waals surface area contributed by atoms with E-state index in [9.17, 15) is 14.3 Å². The maximum Gasteiger partial charge on any atom is 0.268 e. The number of amides is 1. The number of thioether (sulfide) groups is 1. The Kier molecular flexibility index (Phi) is 15.6. The topological polar surface area (TPSA) is 87.7 Å². The largest absolute Gasteiger partial charge is 0.756 e. The van der Waals surface area contributed by atoms with Crippen LogP contribution in [0.15, 0.2) is 0 Å². The molecule has 7 nitrogen and oxygen atoms in total. The lowest BCUT2D eigenvalue weighted by Gasteiger charge is -2.28. The van der Waals surface area contributed by atoms with Crippen LogP contribution in [-0.4, -0.2) is 68.8 Å². The van der Waals surface area contributed by atoms with E-state index in [1.807, 2.05) is 28.1 Å². The van der Waals surface area contributed by atoms with Crippen LogP contribution >= 0.6 is 19.6 Å². The first-order valence-corrected chi connectivity index (χ1v) is 13.0. The van der Waals surface area contributed by atoms with Crippen molar-refractivity contribution in [3.63, 3.8) is 0 Å². The van der Waals surface area contributed by atoms with Gasteiger partial charge in [-0.2, -0.15) is 11.8 Å². The van der Waals surface area contributed by atoms with Crippen molar-refractivity contribution < 1.29 is 27.8 Å². The number of phosphoric ester groups is 1. The van der Waals surface area contributed by atoms with Crippen LogP contribution in [0.1, 0.15) is 58.8 Å². The number of phosphoric acid groups is 1. The average Bonchev–Trinajstić information content (AvgIpc) is 2.59. The van der Waals surface area contributed by atoms with E-state index < -0.39 is 7.82 Å². The molecule has 0 rings (SSSR count). The average molecular weight is 441 g/mol. The molecule has 0 spiro atoms. The molecule has 2 atom stereocenters. The zero-order chi connectivity index (χ0) is 21.5. The van der Waals surface area contributed by atoms with Gasteiger partial charge in [0, 0.05) is 12.2 Å². The van der Waals surface area contributed by atoms with Gasteiger partial charge in [-0.05, 0) is 18.6 Å². The van der Waals surface area contributed by atoms with E-state index in [-0.39, 0.29) is 25.2 Å². The Morgan fingerprint density at radius 1 is 1.11 bits per heavy atom. The molecule has 0 aromatic carbocycles. The standard InChI is InChI=1S/C19H41N2O5PS/c1-6-8-10-11-15-28-17-18(20-19(22)12-9-7-2)16-26-27(23,24)25-14-13-21(3,4)5/h18H,6-17H2,1-5H3,(H-,20,22,23,24)/t18-/m0/s1. The van der Waals surface area contributed by atoms with Crippen LogP contribution in [0.25, 0.3) is 0 Å². The molecule has 0 bridgehead atoms. The normalized spacial score (nSPS) is 15.2. The SMILES string of the molecule is CCCCCCSC[C@H](COP(=O)([O-])OCC[N+](C)(C)C)NC(=O)CCCC. The van der Waals surface area contributed by atoms with Crippen molar-refractivity contribution in [2.24, 2.45) is 0 Å². The molecule has 1 amide bonds. The van der Waals surface area contributed by atoms with E-state index in [2.05, 4.69) is 12.2 Å². The summed E-state index contributed by atoms with van der Waals surface area (Å²) < 4.78 is 22.6. The highest BCUT2D eigenvalue weighted by Crippen LogP contribution is 2.38. The number of carbonyl (C=O) groups excluding carboxylic acids is 1. The lowest BCUT2D eigenvalue weighted by molar-refractivity contribution is -0.870. The minimum absolute atomic E-state index is 0.0614. The number of rotatable bonds is 18. The van der Waals surface area contributed by atoms with E-state index >= 15 is 0 Å². The smallest absolute Gasteiger partial charge is 0.268 e. The third-order valence-electron chi connectivity index (χ3n) is 4.03. The quantitative estimate of drug-likeness (QED) is 0.200. The molecule has 0 aliphatic heterocycles. The van der Waals surface area contributed by atoms with Gasteiger partial charge in [0.1, 0.15) is 13.2 Å². The maximum atomic E-state index is 12.0. The summed E-state index contributed by atoms with van der Waals surface area (Å²) in [6.07, 6.45) is 6.96. The van der Waals surface area contributed by atoms with Crippen LogP contribution in [0.5, 0.6) is 0 Å². The second kappa shape index (κ2) is 15.7. The Hall–Kier alpha value is -0.110. The molecule has 0 aromatic heterocycles. The number of nitrogens with one attached hydrogen (secondary N) is 1. The highest BCUT2D eigenvalue weighted by atomic mass is 32.2. The second-order valence-corrected chi connectivity index (χ2v) is 10.7. The van der Waals surface area contributed by atoms with Gasteiger partial charge >= 0.3 is 0 Å². The summed E-state index contributed by atoms with van der Waals surface area (Å²) in [6.45, 7) is 4.74. The number of carbonyl (C=O) groups is 1. The summed E-state index contributed by atoms with van der Waals surface area (Å²) in [7, 11) is 1.50. The van der Waals surface area contributed by atoms with Crippen LogP contribution in [-0.2, 0) is 18.4 Å². The van der Waals surface area contributed by atoms with Gasteiger partial charge in [0.15, 0.2) is 0 Å². The van der Waals surface area contributed by atoms with Gasteiger partial charge in [-0.1, -0.05) is 39.5 Å². The van der Waals surface area contributed by atoms with Gasteiger partial charge in [-0.3, -0.25) is 9.36 Å². The van der Waals surface area contributed by atoms with Crippen LogP contribution < -0.4 is 10.2 Å². The molecule has 0 heterocycles. The van der Waals surface area contributed by atoms with Gasteiger partial charge in [0.2, 0.25) is 5.91 Å². The Morgan fingerprint density at radius 2 is 1.79 bits per heavy atom. The summed E-state index contributed by atoms with van der Waals surface area (Å²) >= 11 is 1.72. The first-order chi connectivity index (χ1) is 13.1. The van der Waals surface area contributed by atoms with Crippen molar-refractivity contribution in [3.8, 4) is 0 Å². The van der Waals surface area contributed by atoms with Crippen molar-refractivity contribution in [1.82, 2.24) is 5.32 Å². The van der Waals surface area contributed by atoms with Crippen molar-refractivity contribution in [1.29, 1.82) is 0 Å². The Morgan fingerprint density at radius 3 is 2.39 bits per heavy atom. The summed E-state index contributed by atoms with van der Waals surface area (Å²) in [5.41, 5.74) is 0. The third kappa shape index (κ3) is 18.0. The minimum Gasteiger partial charge on any atom is -0.756 e. The van der Waals surface area contributed by atoms with E-state index in [4.69, 9.17) is 9.05 Å². The monoisotopic (exact) mass is 440 g/mol. The number of unbranched alkanes of at least 4 members (excludes halogenated alkanes) is 4. The van der Waals surface area contributed by atoms with Crippen molar-refractivity contribution >= 4 is 25.5 Å². The Balaban J connectivity index is 4.42. The molecular weight excluding hydrogens is 399 g/mol. The molecule has 0 aromatic rings. The molecule has 1 N–H and O–H groups in total. The molecule has 0 fully saturated rings. The molecule has 28 heavy (non-hydrogen) atoms. The number of quaternary nitrogens is 1. The number of hydrogen-bond acceptors (Lipinski definition) is 6. The first-order valence-electron chi connectivity index (χ1n) is 10.4. The zero-order valence-electron chi connectivity index (χ0n) is 18.4. The molecule has 1 unspecified atom stereocenters. The van der Waals surface area contributed by atoms with E-state index in [0.29, 0.717) is 23.2 Å². The highest BCUT2D eigenvalue weighted by molar-refractivity contribution is 7.99. The molecule has 168 valence electrons. The van der Waals surface area contributed by atoms with Crippen LogP contribution in [0, 0.1) is 0 Å². The predicted octanol–water partition coefficient (Wildman–Crippen LogP) is 3.18. The fourth-order valence-corrected chi connectivity index (χ4v) is 4.05. The predicted molar refractivity (Wildman–Crippen MR) is 115 cm³/mol. The third-order valence-corrected chi connectivity index (χ3v) is 6.21. The minimum atomic E-state index is -4.37. The fourth-order valence-electron chi connectivity index (χ4n) is 2.27. The van der Waals surface area contributed by atoms with Crippen molar-refractivity contribution in [3.05, 3.63) is 0 Å². The van der Waals surface area contributed by atoms with Gasteiger partial charge in [-0.15, -0.1) is 0 Å². The van der Waals surface area contributed by atoms with Crippen LogP contribution in [0.4, 0.5) is 0 Å². The molecule has 0 aliphatic rings. The molecular formula is C19H41N2O5PS. The Bertz CT molecular complexity index is 460. The molecule has 0 aliphatic carbocycles. The summed E-state index contributed by atoms with van der Waals surface area (Å²) in [4.78, 5) is 24.0. The van der Waals surface area contributed by atoms with Crippen LogP contribution in [0.2, 0.25) is 0 Å². The summed E-state index contributed by atoms with van der Waals surface area (Å²) in [5.74, 6) is 1.56. The highest BCUT2D eigenvalue weighted by Gasteiger charge is 2.18. The van der Waals surface area contributed by atoms with Crippen molar-refractivity contribution in [2.75, 3.05) is 52.4 Å². The number of likely N-dealkylation sites (N-methyl/N-ethyl adjacent to an activating group) is 1. The lowest BCUT2D eigenvalue weighted by Crippen LogP contribution is -2.40. The van der Waals surface area contributed by atoms with Crippen LogP contribution in [0.3, 0.4) is 0 Å². The molecule has 0 saturated carbocycles. The van der Waals surface area contributed by atoms with E-state index in [1.165, 1.54) is 19.3 Å². The van der Waals surface area contributed by atoms with E-state index in [1.54, 1.807) is 11.8 Å². The van der Waals surface area contributed by atoms with Gasteiger partial charge < -0.3 is 23.7 Å². The molecule has 0 saturated heterocycles. The van der Waals surface area contributed by atoms with Gasteiger partial charge in [0.25, 0.3) is 7.82 Å². The second-order valence-electron chi connectivity index (χ2n) is 8.09. The van der Waals surface area contributed by atoms with Gasteiger partial charge in [-0.25, -0.2) is 0 Å². The summed E-state index contributed by atoms with van der Waals surface area (Å²) in [5, 5.41) is 2.90. The molecule has 9 heteroatoms. The Labute approximate surface area is 176 Å². The summed E-state index contributed by atoms with van der Waals surface area (Å²) in [6, 6.07) is -0.343. The number of nitrogens with zero attached hydrogens (tertiary/aromatic N) is 1. The van der Waals surface area contributed by atoms with Gasteiger partial charge in [0.05, 0.1) is 33.8 Å². The van der Waals surface area contributed by atoms with Crippen molar-refractivity contribution in [2.45, 2.75) is 64.8 Å². The fraction of sp³-hybridized carbons (Fsp3) is 0.947. The first kappa shape index (κ1) is 27.9. The number of hydrogen-bond donors (Lipinski definition) is 1. The lowest BCUT2D eigenvalue weighted by atomic mass is 10.2. The maximum absolute atomic E-state index is 12.0. The molecule has 0 radical (unpaired) electrons.